The van der Waals surface area contributed by atoms with Crippen LogP contribution in [0.25, 0.3) is 0 Å². The lowest BCUT2D eigenvalue weighted by molar-refractivity contribution is -0.115. The van der Waals surface area contributed by atoms with Crippen molar-refractivity contribution in [2.45, 2.75) is 6.42 Å². The molecule has 0 radical (unpaired) electrons. The van der Waals surface area contributed by atoms with Gasteiger partial charge in [-0.15, -0.1) is 0 Å². The average Bonchev–Trinajstić information content (AvgIpc) is 2.31. The van der Waals surface area contributed by atoms with Gasteiger partial charge in [-0.05, 0) is 17.7 Å². The zero-order valence-corrected chi connectivity index (χ0v) is 8.89. The molecule has 2 aromatic carbocycles. The van der Waals surface area contributed by atoms with E-state index in [0.29, 0.717) is 6.42 Å². The first-order chi connectivity index (χ1) is 7.84. The highest BCUT2D eigenvalue weighted by atomic mass is 16.2. The Labute approximate surface area is 94.9 Å². The summed E-state index contributed by atoms with van der Waals surface area (Å²) in [5.74, 6) is 0.0115. The summed E-state index contributed by atoms with van der Waals surface area (Å²) in [6.07, 6.45) is 0.412. The number of carbonyl (C=O) groups excluding carboxylic acids is 1. The minimum atomic E-state index is 0.0115. The third-order valence-corrected chi connectivity index (χ3v) is 2.27. The molecule has 80 valence electrons. The van der Waals surface area contributed by atoms with Gasteiger partial charge >= 0.3 is 0 Å². The molecule has 0 aliphatic carbocycles. The Balaban J connectivity index is 1.95. The first-order valence-corrected chi connectivity index (χ1v) is 5.23. The van der Waals surface area contributed by atoms with Gasteiger partial charge in [0.15, 0.2) is 0 Å². The quantitative estimate of drug-likeness (QED) is 0.779. The molecule has 0 aromatic heterocycles. The topological polar surface area (TPSA) is 29.1 Å². The van der Waals surface area contributed by atoms with Crippen LogP contribution in [0.15, 0.2) is 60.7 Å². The highest BCUT2D eigenvalue weighted by Crippen LogP contribution is 2.06. The molecule has 16 heavy (non-hydrogen) atoms. The number of hydrogen-bond acceptors (Lipinski definition) is 1. The largest absolute Gasteiger partial charge is 0.326 e. The molecular formula is C14H13NO. The minimum absolute atomic E-state index is 0.0115. The van der Waals surface area contributed by atoms with Gasteiger partial charge in [0, 0.05) is 5.69 Å². The van der Waals surface area contributed by atoms with Crippen molar-refractivity contribution in [2.24, 2.45) is 0 Å². The maximum absolute atomic E-state index is 11.7. The monoisotopic (exact) mass is 212 g/mol. The van der Waals surface area contributed by atoms with Crippen LogP contribution in [0.1, 0.15) is 5.56 Å². The number of benzene rings is 2. The predicted octanol–water partition coefficient (Wildman–Crippen LogP) is 2.87. The van der Waals surface area contributed by atoms with E-state index < -0.39 is 0 Å². The Hall–Kier alpha value is -2.09. The van der Waals surface area contributed by atoms with E-state index in [1.807, 2.05) is 60.7 Å². The van der Waals surface area contributed by atoms with Crippen LogP contribution < -0.4 is 5.32 Å². The third-order valence-electron chi connectivity index (χ3n) is 2.27. The number of nitrogens with one attached hydrogen (secondary N) is 1. The highest BCUT2D eigenvalue weighted by Gasteiger charge is 2.02. The van der Waals surface area contributed by atoms with Crippen molar-refractivity contribution in [2.75, 3.05) is 5.32 Å². The van der Waals surface area contributed by atoms with Gasteiger partial charge in [-0.25, -0.2) is 0 Å². The summed E-state index contributed by atoms with van der Waals surface area (Å²) >= 11 is 0. The number of amides is 1. The first kappa shape index (κ1) is 10.4. The Bertz CT molecular complexity index is 407. The van der Waals surface area contributed by atoms with Gasteiger partial charge in [0.2, 0.25) is 5.91 Å². The Kier molecular flexibility index (Phi) is 3.34. The number of anilines is 1. The van der Waals surface area contributed by atoms with Crippen molar-refractivity contribution in [1.29, 1.82) is 0 Å². The smallest absolute Gasteiger partial charge is 0.228 e. The van der Waals surface area contributed by atoms with Crippen LogP contribution in [0.5, 0.6) is 0 Å². The third kappa shape index (κ3) is 2.95. The van der Waals surface area contributed by atoms with Crippen molar-refractivity contribution < 1.29 is 4.79 Å². The maximum Gasteiger partial charge on any atom is 0.228 e. The number of hydrogen-bond donors (Lipinski definition) is 1. The molecule has 1 amide bonds. The van der Waals surface area contributed by atoms with E-state index in [9.17, 15) is 4.79 Å². The fraction of sp³-hybridized carbons (Fsp3) is 0.0714. The molecule has 2 aromatic rings. The summed E-state index contributed by atoms with van der Waals surface area (Å²) in [4.78, 5) is 11.7. The van der Waals surface area contributed by atoms with Gasteiger partial charge in [0.1, 0.15) is 0 Å². The standard InChI is InChI=1S/C14H13NO/c16-14(11-12-7-3-1-4-8-12)15-13-9-5-2-6-10-13/h1-10H,11H2,(H,15,16)/i14+1. The molecule has 2 rings (SSSR count). The van der Waals surface area contributed by atoms with Crippen LogP contribution in [-0.2, 0) is 11.2 Å². The highest BCUT2D eigenvalue weighted by molar-refractivity contribution is 5.92. The van der Waals surface area contributed by atoms with Crippen LogP contribution in [0.4, 0.5) is 5.69 Å². The van der Waals surface area contributed by atoms with Crippen molar-refractivity contribution in [1.82, 2.24) is 0 Å². The van der Waals surface area contributed by atoms with E-state index in [1.165, 1.54) is 0 Å². The van der Waals surface area contributed by atoms with Crippen LogP contribution in [0.3, 0.4) is 0 Å². The van der Waals surface area contributed by atoms with Gasteiger partial charge in [-0.3, -0.25) is 4.79 Å². The minimum Gasteiger partial charge on any atom is -0.326 e. The van der Waals surface area contributed by atoms with E-state index in [4.69, 9.17) is 0 Å². The number of carbonyl (C=O) groups is 1. The van der Waals surface area contributed by atoms with Crippen LogP contribution in [0, 0.1) is 0 Å². The van der Waals surface area contributed by atoms with E-state index >= 15 is 0 Å². The summed E-state index contributed by atoms with van der Waals surface area (Å²) in [5, 5.41) is 2.85. The second-order valence-electron chi connectivity index (χ2n) is 3.58. The second-order valence-corrected chi connectivity index (χ2v) is 3.58. The molecule has 0 fully saturated rings. The van der Waals surface area contributed by atoms with Gasteiger partial charge < -0.3 is 5.32 Å². The summed E-state index contributed by atoms with van der Waals surface area (Å²) < 4.78 is 0. The van der Waals surface area contributed by atoms with Gasteiger partial charge in [-0.2, -0.15) is 0 Å². The lowest BCUT2D eigenvalue weighted by Crippen LogP contribution is -2.14. The lowest BCUT2D eigenvalue weighted by atomic mass is 10.2. The molecule has 2 heteroatoms. The fourth-order valence-electron chi connectivity index (χ4n) is 1.51. The van der Waals surface area contributed by atoms with E-state index in [1.54, 1.807) is 0 Å². The summed E-state index contributed by atoms with van der Waals surface area (Å²) in [6, 6.07) is 19.2. The van der Waals surface area contributed by atoms with E-state index in [2.05, 4.69) is 5.32 Å². The van der Waals surface area contributed by atoms with E-state index in [-0.39, 0.29) is 5.91 Å². The van der Waals surface area contributed by atoms with Crippen molar-refractivity contribution in [3.05, 3.63) is 66.2 Å². The van der Waals surface area contributed by atoms with Crippen molar-refractivity contribution in [3.8, 4) is 0 Å². The SMILES string of the molecule is O=[13C](Cc1ccccc1)Nc1ccccc1. The summed E-state index contributed by atoms with van der Waals surface area (Å²) in [7, 11) is 0. The van der Waals surface area contributed by atoms with E-state index in [0.717, 1.165) is 11.3 Å². The van der Waals surface area contributed by atoms with Crippen LogP contribution in [-0.4, -0.2) is 5.91 Å². The fourth-order valence-corrected chi connectivity index (χ4v) is 1.51. The molecule has 0 unspecified atom stereocenters. The molecule has 1 N–H and O–H groups in total. The normalized spacial score (nSPS) is 9.75. The second kappa shape index (κ2) is 5.12. The van der Waals surface area contributed by atoms with Gasteiger partial charge in [0.05, 0.1) is 6.42 Å². The molecule has 0 bridgehead atoms. The number of rotatable bonds is 3. The summed E-state index contributed by atoms with van der Waals surface area (Å²) in [5.41, 5.74) is 1.86. The zero-order valence-electron chi connectivity index (χ0n) is 8.89. The molecule has 0 heterocycles. The molecular weight excluding hydrogens is 199 g/mol. The molecule has 0 aliphatic rings. The molecule has 0 aliphatic heterocycles. The molecule has 0 saturated heterocycles. The Morgan fingerprint density at radius 1 is 0.875 bits per heavy atom. The lowest BCUT2D eigenvalue weighted by Gasteiger charge is -2.04. The van der Waals surface area contributed by atoms with Crippen molar-refractivity contribution in [3.63, 3.8) is 0 Å². The Morgan fingerprint density at radius 3 is 2.06 bits per heavy atom. The molecule has 0 spiro atoms. The predicted molar refractivity (Wildman–Crippen MR) is 65.2 cm³/mol. The Morgan fingerprint density at radius 2 is 1.44 bits per heavy atom. The average molecular weight is 212 g/mol. The molecule has 0 atom stereocenters. The van der Waals surface area contributed by atoms with Crippen LogP contribution in [0.2, 0.25) is 0 Å². The summed E-state index contributed by atoms with van der Waals surface area (Å²) in [6.45, 7) is 0. The van der Waals surface area contributed by atoms with Crippen LogP contribution >= 0.6 is 0 Å². The first-order valence-electron chi connectivity index (χ1n) is 5.23. The van der Waals surface area contributed by atoms with Crippen molar-refractivity contribution >= 4 is 11.6 Å². The molecule has 2 nitrogen and oxygen atoms in total. The maximum atomic E-state index is 11.7. The van der Waals surface area contributed by atoms with Gasteiger partial charge in [-0.1, -0.05) is 48.5 Å². The van der Waals surface area contributed by atoms with Gasteiger partial charge in [0.25, 0.3) is 0 Å². The number of para-hydroxylation sites is 1. The molecule has 0 saturated carbocycles. The zero-order chi connectivity index (χ0) is 11.2.